The predicted molar refractivity (Wildman–Crippen MR) is 102 cm³/mol. The summed E-state index contributed by atoms with van der Waals surface area (Å²) < 4.78 is 5.13. The topological polar surface area (TPSA) is 97.1 Å². The van der Waals surface area contributed by atoms with Crippen molar-refractivity contribution in [3.05, 3.63) is 60.5 Å². The zero-order valence-corrected chi connectivity index (χ0v) is 15.3. The van der Waals surface area contributed by atoms with Crippen LogP contribution in [-0.4, -0.2) is 22.0 Å². The fraction of sp³-hybridized carbons (Fsp3) is 0.200. The molecule has 0 radical (unpaired) electrons. The normalized spacial score (nSPS) is 11.1. The molecule has 7 heteroatoms. The summed E-state index contributed by atoms with van der Waals surface area (Å²) in [5, 5.41) is 13.1. The molecule has 7 nitrogen and oxygen atoms in total. The molecule has 0 fully saturated rings. The van der Waals surface area contributed by atoms with Crippen molar-refractivity contribution in [2.24, 2.45) is 5.41 Å². The van der Waals surface area contributed by atoms with Gasteiger partial charge in [0.2, 0.25) is 18.2 Å². The third-order valence-electron chi connectivity index (χ3n) is 3.81. The lowest BCUT2D eigenvalue weighted by Gasteiger charge is -2.18. The first kappa shape index (κ1) is 18.3. The molecule has 2 aromatic carbocycles. The maximum atomic E-state index is 12.5. The number of carbonyl (C=O) groups is 2. The lowest BCUT2D eigenvalue weighted by molar-refractivity contribution is -0.123. The molecule has 3 aromatic rings. The van der Waals surface area contributed by atoms with Crippen LogP contribution in [0.25, 0.3) is 11.5 Å². The Hall–Kier alpha value is -3.48. The van der Waals surface area contributed by atoms with Gasteiger partial charge >= 0.3 is 0 Å². The van der Waals surface area contributed by atoms with Gasteiger partial charge in [-0.1, -0.05) is 26.8 Å². The molecule has 1 heterocycles. The van der Waals surface area contributed by atoms with Crippen molar-refractivity contribution in [1.29, 1.82) is 0 Å². The number of hydrogen-bond donors (Lipinski definition) is 2. The van der Waals surface area contributed by atoms with Crippen LogP contribution >= 0.6 is 0 Å². The lowest BCUT2D eigenvalue weighted by atomic mass is 9.95. The van der Waals surface area contributed by atoms with Gasteiger partial charge in [0.25, 0.3) is 5.91 Å². The van der Waals surface area contributed by atoms with E-state index in [1.807, 2.05) is 20.8 Å². The third-order valence-corrected chi connectivity index (χ3v) is 3.81. The van der Waals surface area contributed by atoms with Crippen molar-refractivity contribution in [2.45, 2.75) is 20.8 Å². The number of hydrogen-bond acceptors (Lipinski definition) is 5. The van der Waals surface area contributed by atoms with Crippen molar-refractivity contribution < 1.29 is 14.0 Å². The molecule has 2 amide bonds. The first-order valence-electron chi connectivity index (χ1n) is 8.42. The van der Waals surface area contributed by atoms with Gasteiger partial charge in [-0.2, -0.15) is 0 Å². The molecular weight excluding hydrogens is 344 g/mol. The van der Waals surface area contributed by atoms with Gasteiger partial charge in [-0.3, -0.25) is 9.59 Å². The molecule has 0 atom stereocenters. The quantitative estimate of drug-likeness (QED) is 0.730. The summed E-state index contributed by atoms with van der Waals surface area (Å²) in [5.74, 6) is 0.0271. The van der Waals surface area contributed by atoms with Crippen LogP contribution < -0.4 is 10.6 Å². The summed E-state index contributed by atoms with van der Waals surface area (Å²) in [6.45, 7) is 5.49. The highest BCUT2D eigenvalue weighted by molar-refractivity contribution is 6.05. The molecular formula is C20H20N4O3. The number of aromatic nitrogens is 2. The van der Waals surface area contributed by atoms with Crippen LogP contribution in [0.4, 0.5) is 11.4 Å². The summed E-state index contributed by atoms with van der Waals surface area (Å²) in [6.07, 6.45) is 1.26. The maximum absolute atomic E-state index is 12.5. The number of carbonyl (C=O) groups excluding carboxylic acids is 2. The van der Waals surface area contributed by atoms with E-state index in [2.05, 4.69) is 20.8 Å². The van der Waals surface area contributed by atoms with E-state index in [0.29, 0.717) is 22.8 Å². The number of nitrogens with one attached hydrogen (secondary N) is 2. The number of nitrogens with zero attached hydrogens (tertiary/aromatic N) is 2. The average molecular weight is 364 g/mol. The molecule has 0 unspecified atom stereocenters. The van der Waals surface area contributed by atoms with Gasteiger partial charge in [-0.05, 0) is 42.5 Å². The van der Waals surface area contributed by atoms with Gasteiger partial charge in [0.15, 0.2) is 0 Å². The van der Waals surface area contributed by atoms with E-state index in [4.69, 9.17) is 4.42 Å². The number of benzene rings is 2. The highest BCUT2D eigenvalue weighted by atomic mass is 16.4. The summed E-state index contributed by atoms with van der Waals surface area (Å²) in [6, 6.07) is 13.9. The SMILES string of the molecule is CC(C)(C)C(=O)Nc1cccc(C(=O)Nc2ccc(-c3nnco3)cc2)c1. The lowest BCUT2D eigenvalue weighted by Crippen LogP contribution is -2.27. The van der Waals surface area contributed by atoms with Crippen LogP contribution in [0.15, 0.2) is 59.3 Å². The number of rotatable bonds is 4. The van der Waals surface area contributed by atoms with Crippen LogP contribution in [0, 0.1) is 5.41 Å². The monoisotopic (exact) mass is 364 g/mol. The Kier molecular flexibility index (Phi) is 5.03. The second-order valence-corrected chi connectivity index (χ2v) is 7.06. The minimum absolute atomic E-state index is 0.114. The van der Waals surface area contributed by atoms with E-state index in [0.717, 1.165) is 5.56 Å². The molecule has 2 N–H and O–H groups in total. The van der Waals surface area contributed by atoms with Gasteiger partial charge < -0.3 is 15.1 Å². The van der Waals surface area contributed by atoms with Crippen molar-refractivity contribution in [1.82, 2.24) is 10.2 Å². The second-order valence-electron chi connectivity index (χ2n) is 7.06. The van der Waals surface area contributed by atoms with Crippen LogP contribution in [0.1, 0.15) is 31.1 Å². The molecule has 0 saturated heterocycles. The zero-order chi connectivity index (χ0) is 19.4. The summed E-state index contributed by atoms with van der Waals surface area (Å²) in [4.78, 5) is 24.6. The van der Waals surface area contributed by atoms with E-state index in [-0.39, 0.29) is 11.8 Å². The van der Waals surface area contributed by atoms with Crippen LogP contribution in [0.3, 0.4) is 0 Å². The van der Waals surface area contributed by atoms with Gasteiger partial charge in [-0.25, -0.2) is 0 Å². The Bertz CT molecular complexity index is 942. The van der Waals surface area contributed by atoms with Crippen molar-refractivity contribution in [3.8, 4) is 11.5 Å². The number of anilines is 2. The van der Waals surface area contributed by atoms with Crippen LogP contribution in [0.2, 0.25) is 0 Å². The first-order chi connectivity index (χ1) is 12.8. The first-order valence-corrected chi connectivity index (χ1v) is 8.42. The van der Waals surface area contributed by atoms with E-state index in [1.165, 1.54) is 6.39 Å². The molecule has 0 aliphatic rings. The summed E-state index contributed by atoms with van der Waals surface area (Å²) in [7, 11) is 0. The molecule has 1 aromatic heterocycles. The zero-order valence-electron chi connectivity index (χ0n) is 15.3. The molecule has 138 valence electrons. The summed E-state index contributed by atoms with van der Waals surface area (Å²) >= 11 is 0. The van der Waals surface area contributed by atoms with E-state index >= 15 is 0 Å². The molecule has 0 bridgehead atoms. The molecule has 0 aliphatic carbocycles. The van der Waals surface area contributed by atoms with Gasteiger partial charge in [-0.15, -0.1) is 10.2 Å². The smallest absolute Gasteiger partial charge is 0.255 e. The number of amides is 2. The summed E-state index contributed by atoms with van der Waals surface area (Å²) in [5.41, 5.74) is 1.90. The average Bonchev–Trinajstić information content (AvgIpc) is 3.16. The molecule has 0 aliphatic heterocycles. The standard InChI is InChI=1S/C20H20N4O3/c1-20(2,3)19(26)23-16-6-4-5-14(11-16)17(25)22-15-9-7-13(8-10-15)18-24-21-12-27-18/h4-12H,1-3H3,(H,22,25)(H,23,26). The Morgan fingerprint density at radius 2 is 1.70 bits per heavy atom. The van der Waals surface area contributed by atoms with Crippen LogP contribution in [-0.2, 0) is 4.79 Å². The minimum Gasteiger partial charge on any atom is -0.423 e. The third kappa shape index (κ3) is 4.58. The highest BCUT2D eigenvalue weighted by Gasteiger charge is 2.21. The van der Waals surface area contributed by atoms with E-state index in [9.17, 15) is 9.59 Å². The molecule has 0 saturated carbocycles. The molecule has 3 rings (SSSR count). The Morgan fingerprint density at radius 1 is 0.963 bits per heavy atom. The maximum Gasteiger partial charge on any atom is 0.255 e. The van der Waals surface area contributed by atoms with E-state index < -0.39 is 5.41 Å². The Morgan fingerprint density at radius 3 is 2.33 bits per heavy atom. The van der Waals surface area contributed by atoms with Gasteiger partial charge in [0, 0.05) is 27.9 Å². The molecule has 0 spiro atoms. The highest BCUT2D eigenvalue weighted by Crippen LogP contribution is 2.21. The van der Waals surface area contributed by atoms with Crippen molar-refractivity contribution in [2.75, 3.05) is 10.6 Å². The largest absolute Gasteiger partial charge is 0.423 e. The fourth-order valence-electron chi connectivity index (χ4n) is 2.26. The van der Waals surface area contributed by atoms with Crippen molar-refractivity contribution >= 4 is 23.2 Å². The Balaban J connectivity index is 1.69. The van der Waals surface area contributed by atoms with E-state index in [1.54, 1.807) is 48.5 Å². The van der Waals surface area contributed by atoms with Gasteiger partial charge in [0.1, 0.15) is 0 Å². The Labute approximate surface area is 156 Å². The minimum atomic E-state index is -0.515. The fourth-order valence-corrected chi connectivity index (χ4v) is 2.26. The predicted octanol–water partition coefficient (Wildman–Crippen LogP) is 3.97. The van der Waals surface area contributed by atoms with Gasteiger partial charge in [0.05, 0.1) is 0 Å². The second kappa shape index (κ2) is 7.41. The van der Waals surface area contributed by atoms with Crippen molar-refractivity contribution in [3.63, 3.8) is 0 Å². The van der Waals surface area contributed by atoms with Crippen LogP contribution in [0.5, 0.6) is 0 Å². The molecule has 27 heavy (non-hydrogen) atoms.